The lowest BCUT2D eigenvalue weighted by Crippen LogP contribution is -2.61. The summed E-state index contributed by atoms with van der Waals surface area (Å²) in [4.78, 5) is 18.4. The Kier molecular flexibility index (Phi) is 15.5. The van der Waals surface area contributed by atoms with Crippen molar-refractivity contribution >= 4 is 46.4 Å². The van der Waals surface area contributed by atoms with Crippen LogP contribution in [0.15, 0.2) is 122 Å². The number of aliphatic hydroxyl groups is 8. The van der Waals surface area contributed by atoms with Gasteiger partial charge in [0.25, 0.3) is 0 Å². The molecule has 11 N–H and O–H groups in total. The summed E-state index contributed by atoms with van der Waals surface area (Å²) in [5.41, 5.74) is 14.2. The number of nitrogens with one attached hydrogen (secondary N) is 3. The number of fused-ring (bicyclic) bond motifs is 8. The van der Waals surface area contributed by atoms with Gasteiger partial charge in [0.2, 0.25) is 0 Å². The minimum Gasteiger partial charge on any atom is -0.394 e. The molecule has 0 aliphatic carbocycles. The van der Waals surface area contributed by atoms with Crippen molar-refractivity contribution in [1.82, 2.24) is 25.3 Å². The topological polar surface area (TPSA) is 265 Å². The third-order valence-corrected chi connectivity index (χ3v) is 14.1. The van der Waals surface area contributed by atoms with E-state index in [4.69, 9.17) is 19.4 Å². The zero-order chi connectivity index (χ0) is 53.2. The fraction of sp³-hybridized carbons (Fsp3) is 0.298. The number of hydrogen-bond donors (Lipinski definition) is 11. The maximum absolute atomic E-state index is 11.1. The Morgan fingerprint density at radius 1 is 0.553 bits per heavy atom. The van der Waals surface area contributed by atoms with E-state index in [1.54, 1.807) is 0 Å². The van der Waals surface area contributed by atoms with Crippen molar-refractivity contribution < 1.29 is 68.6 Å². The molecule has 19 nitrogen and oxygen atoms in total. The van der Waals surface area contributed by atoms with E-state index in [0.29, 0.717) is 13.1 Å². The molecular weight excluding hydrogens is 971 g/mol. The fourth-order valence-electron chi connectivity index (χ4n) is 9.83. The molecular formula is C57H63N9O10+4. The molecule has 10 heterocycles. The van der Waals surface area contributed by atoms with Crippen molar-refractivity contribution in [2.24, 2.45) is 21.1 Å². The largest absolute Gasteiger partial charge is 0.394 e. The average Bonchev–Trinajstić information content (AvgIpc) is 4.31. The zero-order valence-electron chi connectivity index (χ0n) is 42.2. The summed E-state index contributed by atoms with van der Waals surface area (Å²) >= 11 is 0. The summed E-state index contributed by atoms with van der Waals surface area (Å²) in [5.74, 6) is 0. The zero-order valence-corrected chi connectivity index (χ0v) is 42.2. The summed E-state index contributed by atoms with van der Waals surface area (Å²) in [7, 11) is 5.99. The average molecular weight is 1030 g/mol. The van der Waals surface area contributed by atoms with E-state index in [1.807, 2.05) is 113 Å². The van der Waals surface area contributed by atoms with Gasteiger partial charge in [-0.05, 0) is 70.8 Å². The van der Waals surface area contributed by atoms with Gasteiger partial charge < -0.3 is 65.6 Å². The first-order chi connectivity index (χ1) is 36.8. The third-order valence-electron chi connectivity index (χ3n) is 14.1. The van der Waals surface area contributed by atoms with Crippen molar-refractivity contribution in [2.75, 3.05) is 26.3 Å². The molecule has 1 fully saturated rings. The number of ether oxygens (including phenoxy) is 2. The second-order valence-corrected chi connectivity index (χ2v) is 19.4. The SMILES string of the molecule is C[n+]1ccc(-c2c3nc(c(-c4cc[n+](CCNC[C@H](O)[C@@H](O)[C@H](O[C@H]5O[C@H](CO)[C@@H](O)[C@H](O)[C@H]5O)[C@H](O)CO)cc4)c4nc(c(-c5cc[n+](C)cc5)c5ccc([nH]5)c(-c5cc[n+](C)cc5)c5ccc2[nH]5)C=C4)C=C3)cc1. The molecule has 8 bridgehead atoms. The first kappa shape index (κ1) is 52.2. The van der Waals surface area contributed by atoms with Crippen LogP contribution in [0.3, 0.4) is 0 Å². The molecule has 0 saturated carbocycles. The van der Waals surface area contributed by atoms with Crippen LogP contribution in [0.5, 0.6) is 0 Å². The van der Waals surface area contributed by atoms with Crippen LogP contribution >= 0.6 is 0 Å². The summed E-state index contributed by atoms with van der Waals surface area (Å²) in [6.07, 6.45) is 9.16. The molecule has 0 unspecified atom stereocenters. The van der Waals surface area contributed by atoms with Gasteiger partial charge in [-0.15, -0.1) is 0 Å². The minimum absolute atomic E-state index is 0.166. The highest BCUT2D eigenvalue weighted by Gasteiger charge is 2.47. The number of H-pyrrole nitrogens is 2. The van der Waals surface area contributed by atoms with E-state index >= 15 is 0 Å². The van der Waals surface area contributed by atoms with Gasteiger partial charge >= 0.3 is 0 Å². The second kappa shape index (κ2) is 22.5. The lowest BCUT2D eigenvalue weighted by Gasteiger charge is -2.42. The van der Waals surface area contributed by atoms with E-state index < -0.39 is 68.3 Å². The summed E-state index contributed by atoms with van der Waals surface area (Å²) in [5, 5.41) is 85.9. The number of aromatic nitrogens is 8. The maximum atomic E-state index is 11.1. The number of hydrogen-bond acceptors (Lipinski definition) is 13. The Balaban J connectivity index is 1.00. The predicted octanol–water partition coefficient (Wildman–Crippen LogP) is 0.934. The van der Waals surface area contributed by atoms with Crippen LogP contribution in [0.2, 0.25) is 0 Å². The van der Waals surface area contributed by atoms with E-state index in [9.17, 15) is 40.9 Å². The van der Waals surface area contributed by atoms with Crippen LogP contribution in [0.1, 0.15) is 22.8 Å². The van der Waals surface area contributed by atoms with E-state index in [2.05, 4.69) is 88.1 Å². The molecule has 9 atom stereocenters. The highest BCUT2D eigenvalue weighted by molar-refractivity contribution is 6.00. The number of aromatic amines is 2. The molecule has 7 aromatic rings. The molecule has 10 rings (SSSR count). The number of aliphatic hydroxyl groups excluding tert-OH is 8. The molecule has 0 radical (unpaired) electrons. The molecule has 0 spiro atoms. The van der Waals surface area contributed by atoms with Crippen molar-refractivity contribution in [1.29, 1.82) is 0 Å². The second-order valence-electron chi connectivity index (χ2n) is 19.4. The molecule has 3 aliphatic rings. The smallest absolute Gasteiger partial charge is 0.187 e. The molecule has 3 aliphatic heterocycles. The van der Waals surface area contributed by atoms with Crippen LogP contribution in [0.4, 0.5) is 0 Å². The quantitative estimate of drug-likeness (QED) is 0.0476. The first-order valence-corrected chi connectivity index (χ1v) is 25.1. The van der Waals surface area contributed by atoms with Gasteiger partial charge in [0.05, 0.1) is 48.6 Å². The van der Waals surface area contributed by atoms with Crippen LogP contribution in [-0.2, 0) is 37.2 Å². The lowest BCUT2D eigenvalue weighted by atomic mass is 9.98. The highest BCUT2D eigenvalue weighted by atomic mass is 16.7. The van der Waals surface area contributed by atoms with E-state index in [-0.39, 0.29) is 6.54 Å². The van der Waals surface area contributed by atoms with Gasteiger partial charge in [-0.25, -0.2) is 28.2 Å². The standard InChI is InChI=1S/C57H62N9O10/c1-63-21-12-33(13-22-63)48-37-4-6-39(59-37)49(34-14-23-64(2)24-15-34)41-8-10-43(61-41)51(44-11-9-42(62-44)50(40-7-5-38(48)60-40)35-16-25-65(3)26-17-35)36-18-27-66(28-19-36)29-20-58-30-45(69)52(71)56(46(70)31-67)76-57-55(74)54(73)53(72)47(32-68)75-57/h4-19,21-28,45-47,52-58,67-74H,20,29-32H2,1-3H3,(H,59,60,61,62)/q+3/p+1/t45-,46+,47+,52+,53+,54-,55+,56+,57+/m0/s1. The van der Waals surface area contributed by atoms with Crippen molar-refractivity contribution in [3.8, 4) is 44.5 Å². The number of aryl methyl sites for hydroxylation is 3. The van der Waals surface area contributed by atoms with Crippen molar-refractivity contribution in [2.45, 2.75) is 61.7 Å². The Morgan fingerprint density at radius 3 is 1.43 bits per heavy atom. The van der Waals surface area contributed by atoms with Crippen LogP contribution < -0.4 is 23.6 Å². The highest BCUT2D eigenvalue weighted by Crippen LogP contribution is 2.38. The molecule has 392 valence electrons. The number of rotatable bonds is 16. The van der Waals surface area contributed by atoms with Crippen LogP contribution in [0, 0.1) is 0 Å². The first-order valence-electron chi connectivity index (χ1n) is 25.1. The Bertz CT molecular complexity index is 3270. The van der Waals surface area contributed by atoms with E-state index in [1.165, 1.54) is 0 Å². The van der Waals surface area contributed by atoms with Gasteiger partial charge in [-0.1, -0.05) is 0 Å². The molecule has 1 saturated heterocycles. The molecule has 19 heteroatoms. The van der Waals surface area contributed by atoms with Gasteiger partial charge in [-0.2, -0.15) is 0 Å². The molecule has 0 aromatic carbocycles. The Hall–Kier alpha value is -7.24. The Morgan fingerprint density at radius 2 is 0.974 bits per heavy atom. The molecule has 7 aromatic heterocycles. The van der Waals surface area contributed by atoms with Gasteiger partial charge in [-0.3, -0.25) is 0 Å². The minimum atomic E-state index is -1.83. The summed E-state index contributed by atoms with van der Waals surface area (Å²) in [6.45, 7) is -0.997. The summed E-state index contributed by atoms with van der Waals surface area (Å²) in [6, 6.07) is 25.1. The predicted molar refractivity (Wildman–Crippen MR) is 281 cm³/mol. The molecule has 76 heavy (non-hydrogen) atoms. The maximum Gasteiger partial charge on any atom is 0.187 e. The van der Waals surface area contributed by atoms with Gasteiger partial charge in [0.15, 0.2) is 62.4 Å². The van der Waals surface area contributed by atoms with Crippen LogP contribution in [0.25, 0.3) is 90.9 Å². The fourth-order valence-corrected chi connectivity index (χ4v) is 9.83. The van der Waals surface area contributed by atoms with E-state index in [0.717, 1.165) is 89.4 Å². The lowest BCUT2D eigenvalue weighted by molar-refractivity contribution is -0.695. The van der Waals surface area contributed by atoms with Crippen molar-refractivity contribution in [3.05, 3.63) is 145 Å². The Labute approximate surface area is 437 Å². The monoisotopic (exact) mass is 1030 g/mol. The number of nitrogens with zero attached hydrogens (tertiary/aromatic N) is 6. The van der Waals surface area contributed by atoms with Gasteiger partial charge in [0, 0.05) is 99.4 Å². The van der Waals surface area contributed by atoms with Crippen molar-refractivity contribution in [3.63, 3.8) is 0 Å². The molecule has 0 amide bonds. The normalized spacial score (nSPS) is 19.9. The summed E-state index contributed by atoms with van der Waals surface area (Å²) < 4.78 is 18.9. The third kappa shape index (κ3) is 10.8. The van der Waals surface area contributed by atoms with Crippen LogP contribution in [-0.4, -0.2) is 142 Å². The van der Waals surface area contributed by atoms with Gasteiger partial charge in [0.1, 0.15) is 63.9 Å². The number of pyridine rings is 4.